The summed E-state index contributed by atoms with van der Waals surface area (Å²) in [5, 5.41) is 0.831. The van der Waals surface area contributed by atoms with E-state index in [1.54, 1.807) is 4.90 Å². The second-order valence-corrected chi connectivity index (χ2v) is 26.4. The molecule has 1 aromatic carbocycles. The van der Waals surface area contributed by atoms with Crippen LogP contribution in [-0.4, -0.2) is 57.2 Å². The van der Waals surface area contributed by atoms with Gasteiger partial charge in [-0.1, -0.05) is 63.5 Å². The Labute approximate surface area is 262 Å². The number of carbonyl (C=O) groups excluding carboxylic acids is 1. The van der Waals surface area contributed by atoms with Crippen LogP contribution >= 0.6 is 15.9 Å². The largest absolute Gasteiger partial charge is 0.492 e. The van der Waals surface area contributed by atoms with Crippen molar-refractivity contribution in [3.63, 3.8) is 0 Å². The Kier molecular flexibility index (Phi) is 12.9. The topological polar surface area (TPSA) is 57.2 Å². The molecule has 0 bridgehead atoms. The molecule has 1 rings (SSSR count). The first-order chi connectivity index (χ1) is 18.2. The number of amides is 1. The van der Waals surface area contributed by atoms with Crippen LogP contribution in [0.25, 0.3) is 0 Å². The van der Waals surface area contributed by atoms with Gasteiger partial charge in [-0.2, -0.15) is 0 Å². The van der Waals surface area contributed by atoms with Crippen LogP contribution in [0.4, 0.5) is 4.79 Å². The molecule has 1 unspecified atom stereocenters. The van der Waals surface area contributed by atoms with Crippen molar-refractivity contribution in [2.24, 2.45) is 0 Å². The number of hydrogen-bond donors (Lipinski definition) is 0. The van der Waals surface area contributed by atoms with Crippen molar-refractivity contribution >= 4 is 38.7 Å². The van der Waals surface area contributed by atoms with Crippen molar-refractivity contribution < 1.29 is 23.1 Å². The Balaban J connectivity index is 3.68. The molecule has 0 saturated heterocycles. The molecule has 0 saturated carbocycles. The van der Waals surface area contributed by atoms with E-state index in [-0.39, 0.29) is 22.3 Å². The SMILES string of the molecule is CC(C)(C)OC(=O)N(CC(O[Si](C)(C)C(C)(C)C)c1ccc(OCCBr)c(CO[Si](C)(C)C(C)(C)C)c1)C(C)(C)C. The summed E-state index contributed by atoms with van der Waals surface area (Å²) in [6.07, 6.45) is -0.688. The van der Waals surface area contributed by atoms with E-state index < -0.39 is 27.8 Å². The summed E-state index contributed by atoms with van der Waals surface area (Å²) in [6, 6.07) is 6.26. The summed E-state index contributed by atoms with van der Waals surface area (Å²) in [5.74, 6) is 0.817. The average molecular weight is 675 g/mol. The van der Waals surface area contributed by atoms with E-state index in [2.05, 4.69) is 95.8 Å². The van der Waals surface area contributed by atoms with E-state index in [9.17, 15) is 4.79 Å². The molecule has 0 aliphatic carbocycles. The molecule has 1 atom stereocenters. The predicted molar refractivity (Wildman–Crippen MR) is 181 cm³/mol. The monoisotopic (exact) mass is 673 g/mol. The van der Waals surface area contributed by atoms with E-state index in [4.69, 9.17) is 18.3 Å². The normalized spacial score (nSPS) is 14.6. The number of halogens is 1. The standard InChI is InChI=1S/C32H60BrNO5Si2/c1-29(2,3)34(28(35)38-30(4,5)6)22-27(39-41(15,16)32(10,11)12)24-17-18-26(36-20-19-33)25(21-24)23-37-40(13,14)31(7,8)9/h17-18,21,27H,19-20,22-23H2,1-16H3. The summed E-state index contributed by atoms with van der Waals surface area (Å²) in [7, 11) is -4.22. The van der Waals surface area contributed by atoms with Crippen LogP contribution in [-0.2, 0) is 20.2 Å². The number of nitrogens with zero attached hydrogens (tertiary/aromatic N) is 1. The molecule has 9 heteroatoms. The maximum absolute atomic E-state index is 13.5. The van der Waals surface area contributed by atoms with Crippen LogP contribution in [0.5, 0.6) is 5.75 Å². The third kappa shape index (κ3) is 11.6. The molecule has 0 heterocycles. The Morgan fingerprint density at radius 2 is 1.41 bits per heavy atom. The zero-order chi connectivity index (χ0) is 32.2. The fourth-order valence-corrected chi connectivity index (χ4v) is 5.91. The number of alkyl halides is 1. The zero-order valence-corrected chi connectivity index (χ0v) is 32.6. The van der Waals surface area contributed by atoms with E-state index in [1.807, 2.05) is 47.6 Å². The number of rotatable bonds is 11. The number of carbonyl (C=O) groups is 1. The van der Waals surface area contributed by atoms with E-state index in [0.29, 0.717) is 19.8 Å². The summed E-state index contributed by atoms with van der Waals surface area (Å²) in [6.45, 7) is 35.7. The van der Waals surface area contributed by atoms with Gasteiger partial charge in [-0.3, -0.25) is 0 Å². The molecule has 0 aromatic heterocycles. The summed E-state index contributed by atoms with van der Waals surface area (Å²) in [5.41, 5.74) is 0.938. The summed E-state index contributed by atoms with van der Waals surface area (Å²) >= 11 is 3.48. The van der Waals surface area contributed by atoms with Crippen LogP contribution < -0.4 is 4.74 Å². The predicted octanol–water partition coefficient (Wildman–Crippen LogP) is 10.1. The van der Waals surface area contributed by atoms with Crippen molar-refractivity contribution in [3.8, 4) is 5.75 Å². The number of benzene rings is 1. The molecule has 0 N–H and O–H groups in total. The molecule has 0 fully saturated rings. The summed E-state index contributed by atoms with van der Waals surface area (Å²) < 4.78 is 25.7. The quantitative estimate of drug-likeness (QED) is 0.173. The Morgan fingerprint density at radius 1 is 0.878 bits per heavy atom. The minimum atomic E-state index is -2.22. The molecule has 0 aliphatic heterocycles. The molecule has 1 amide bonds. The van der Waals surface area contributed by atoms with Gasteiger partial charge in [-0.15, -0.1) is 0 Å². The molecular weight excluding hydrogens is 614 g/mol. The van der Waals surface area contributed by atoms with Crippen LogP contribution in [0.1, 0.15) is 100 Å². The zero-order valence-electron chi connectivity index (χ0n) is 29.0. The molecule has 0 radical (unpaired) electrons. The number of ether oxygens (including phenoxy) is 2. The van der Waals surface area contributed by atoms with Crippen LogP contribution in [0.2, 0.25) is 36.3 Å². The minimum Gasteiger partial charge on any atom is -0.492 e. The van der Waals surface area contributed by atoms with Gasteiger partial charge in [0.25, 0.3) is 0 Å². The Bertz CT molecular complexity index is 1000. The van der Waals surface area contributed by atoms with Gasteiger partial charge >= 0.3 is 6.09 Å². The fourth-order valence-electron chi connectivity index (χ4n) is 3.52. The smallest absolute Gasteiger partial charge is 0.410 e. The average Bonchev–Trinajstić information content (AvgIpc) is 2.75. The van der Waals surface area contributed by atoms with Crippen LogP contribution in [0.3, 0.4) is 0 Å². The molecule has 238 valence electrons. The lowest BCUT2D eigenvalue weighted by Gasteiger charge is -2.43. The highest BCUT2D eigenvalue weighted by atomic mass is 79.9. The fraction of sp³-hybridized carbons (Fsp3) is 0.781. The van der Waals surface area contributed by atoms with Crippen LogP contribution in [0.15, 0.2) is 18.2 Å². The minimum absolute atomic E-state index is 0.00304. The second-order valence-electron chi connectivity index (χ2n) is 16.1. The molecule has 0 spiro atoms. The van der Waals surface area contributed by atoms with Gasteiger partial charge in [-0.25, -0.2) is 4.79 Å². The highest BCUT2D eigenvalue weighted by molar-refractivity contribution is 9.09. The molecule has 1 aromatic rings. The molecule has 0 aliphatic rings. The lowest BCUT2D eigenvalue weighted by molar-refractivity contribution is -0.00635. The first-order valence-electron chi connectivity index (χ1n) is 14.9. The van der Waals surface area contributed by atoms with E-state index in [0.717, 1.165) is 22.2 Å². The Morgan fingerprint density at radius 3 is 1.85 bits per heavy atom. The third-order valence-electron chi connectivity index (χ3n) is 8.20. The highest BCUT2D eigenvalue weighted by Crippen LogP contribution is 2.42. The van der Waals surface area contributed by atoms with E-state index in [1.165, 1.54) is 0 Å². The van der Waals surface area contributed by atoms with Gasteiger partial charge in [0.2, 0.25) is 0 Å². The highest BCUT2D eigenvalue weighted by Gasteiger charge is 2.42. The van der Waals surface area contributed by atoms with Gasteiger partial charge < -0.3 is 23.2 Å². The van der Waals surface area contributed by atoms with Crippen LogP contribution in [0, 0.1) is 0 Å². The van der Waals surface area contributed by atoms with Crippen molar-refractivity contribution in [3.05, 3.63) is 29.3 Å². The van der Waals surface area contributed by atoms with Crippen molar-refractivity contribution in [1.82, 2.24) is 4.90 Å². The van der Waals surface area contributed by atoms with Gasteiger partial charge in [0, 0.05) is 16.4 Å². The van der Waals surface area contributed by atoms with Gasteiger partial charge in [0.15, 0.2) is 16.6 Å². The second kappa shape index (κ2) is 13.8. The van der Waals surface area contributed by atoms with Crippen molar-refractivity contribution in [1.29, 1.82) is 0 Å². The Hall–Kier alpha value is -0.876. The lowest BCUT2D eigenvalue weighted by Crippen LogP contribution is -2.51. The van der Waals surface area contributed by atoms with Crippen molar-refractivity contribution in [2.75, 3.05) is 18.5 Å². The molecule has 41 heavy (non-hydrogen) atoms. The maximum Gasteiger partial charge on any atom is 0.410 e. The first kappa shape index (κ1) is 38.1. The summed E-state index contributed by atoms with van der Waals surface area (Å²) in [4.78, 5) is 15.3. The first-order valence-corrected chi connectivity index (χ1v) is 21.8. The molecule has 6 nitrogen and oxygen atoms in total. The van der Waals surface area contributed by atoms with Gasteiger partial charge in [0.05, 0.1) is 25.9 Å². The molecular formula is C32H60BrNO5Si2. The number of hydrogen-bond acceptors (Lipinski definition) is 5. The maximum atomic E-state index is 13.5. The third-order valence-corrected chi connectivity index (χ3v) is 17.5. The lowest BCUT2D eigenvalue weighted by atomic mass is 10.0. The van der Waals surface area contributed by atoms with Gasteiger partial charge in [-0.05, 0) is 95.5 Å². The van der Waals surface area contributed by atoms with Crippen molar-refractivity contribution in [2.45, 2.75) is 143 Å². The van der Waals surface area contributed by atoms with Gasteiger partial charge in [0.1, 0.15) is 11.4 Å². The van der Waals surface area contributed by atoms with E-state index >= 15 is 0 Å².